The van der Waals surface area contributed by atoms with Gasteiger partial charge in [0.25, 0.3) is 5.91 Å². The number of rotatable bonds is 4. The Hall–Kier alpha value is -3.40. The lowest BCUT2D eigenvalue weighted by atomic mass is 10.1. The van der Waals surface area contributed by atoms with Gasteiger partial charge in [-0.1, -0.05) is 31.2 Å². The number of amides is 1. The molecule has 1 N–H and O–H groups in total. The number of hydrogen-bond acceptors (Lipinski definition) is 3. The molecule has 0 radical (unpaired) electrons. The van der Waals surface area contributed by atoms with Crippen molar-refractivity contribution in [3.63, 3.8) is 0 Å². The van der Waals surface area contributed by atoms with E-state index < -0.39 is 0 Å². The van der Waals surface area contributed by atoms with Crippen molar-refractivity contribution in [3.8, 4) is 11.5 Å². The van der Waals surface area contributed by atoms with E-state index in [-0.39, 0.29) is 5.91 Å². The molecule has 0 aliphatic rings. The van der Waals surface area contributed by atoms with E-state index >= 15 is 0 Å². The molecule has 27 heavy (non-hydrogen) atoms. The zero-order chi connectivity index (χ0) is 18.8. The van der Waals surface area contributed by atoms with Crippen LogP contribution in [0.1, 0.15) is 28.4 Å². The fraction of sp³-hybridized carbons (Fsp3) is 0.130. The molecule has 1 aromatic heterocycles. The van der Waals surface area contributed by atoms with Crippen LogP contribution in [0.4, 0.5) is 5.69 Å². The van der Waals surface area contributed by atoms with Gasteiger partial charge in [-0.15, -0.1) is 0 Å². The van der Waals surface area contributed by atoms with Crippen molar-refractivity contribution in [1.82, 2.24) is 4.98 Å². The Bertz CT molecular complexity index is 1110. The van der Waals surface area contributed by atoms with Crippen LogP contribution in [-0.2, 0) is 6.42 Å². The first-order valence-electron chi connectivity index (χ1n) is 9.00. The highest BCUT2D eigenvalue weighted by Gasteiger charge is 2.11. The minimum absolute atomic E-state index is 0.136. The summed E-state index contributed by atoms with van der Waals surface area (Å²) in [5.74, 6) is 0.405. The summed E-state index contributed by atoms with van der Waals surface area (Å²) in [5, 5.41) is 2.94. The van der Waals surface area contributed by atoms with Crippen molar-refractivity contribution in [2.45, 2.75) is 20.3 Å². The lowest BCUT2D eigenvalue weighted by molar-refractivity contribution is 0.102. The first-order chi connectivity index (χ1) is 13.1. The first-order valence-corrected chi connectivity index (χ1v) is 9.00. The molecular formula is C23H20N2O2. The second-order valence-corrected chi connectivity index (χ2v) is 6.58. The molecule has 0 aliphatic heterocycles. The summed E-state index contributed by atoms with van der Waals surface area (Å²) in [4.78, 5) is 17.1. The van der Waals surface area contributed by atoms with Crippen LogP contribution in [0.25, 0.3) is 22.6 Å². The Morgan fingerprint density at radius 1 is 1.04 bits per heavy atom. The third-order valence-electron chi connectivity index (χ3n) is 4.53. The number of aryl methyl sites for hydroxylation is 2. The number of aromatic nitrogens is 1. The maximum absolute atomic E-state index is 12.5. The third-order valence-corrected chi connectivity index (χ3v) is 4.53. The van der Waals surface area contributed by atoms with Gasteiger partial charge in [-0.2, -0.15) is 0 Å². The second kappa shape index (κ2) is 7.08. The Balaban J connectivity index is 1.58. The molecule has 0 saturated heterocycles. The van der Waals surface area contributed by atoms with Crippen LogP contribution in [0.2, 0.25) is 0 Å². The van der Waals surface area contributed by atoms with Crippen LogP contribution < -0.4 is 5.32 Å². The van der Waals surface area contributed by atoms with Crippen LogP contribution in [0, 0.1) is 6.92 Å². The summed E-state index contributed by atoms with van der Waals surface area (Å²) in [5.41, 5.74) is 6.09. The molecule has 0 fully saturated rings. The van der Waals surface area contributed by atoms with Crippen molar-refractivity contribution in [3.05, 3.63) is 83.4 Å². The van der Waals surface area contributed by atoms with E-state index in [9.17, 15) is 4.79 Å². The molecular weight excluding hydrogens is 336 g/mol. The molecule has 0 atom stereocenters. The summed E-state index contributed by atoms with van der Waals surface area (Å²) < 4.78 is 5.86. The van der Waals surface area contributed by atoms with E-state index in [1.165, 1.54) is 5.56 Å². The van der Waals surface area contributed by atoms with Crippen molar-refractivity contribution < 1.29 is 9.21 Å². The van der Waals surface area contributed by atoms with Crippen molar-refractivity contribution in [2.24, 2.45) is 0 Å². The quantitative estimate of drug-likeness (QED) is 0.516. The molecule has 0 saturated carbocycles. The lowest BCUT2D eigenvalue weighted by Gasteiger charge is -2.07. The van der Waals surface area contributed by atoms with Crippen LogP contribution >= 0.6 is 0 Å². The Morgan fingerprint density at radius 3 is 2.63 bits per heavy atom. The van der Waals surface area contributed by atoms with E-state index in [1.54, 1.807) is 0 Å². The third kappa shape index (κ3) is 3.60. The summed E-state index contributed by atoms with van der Waals surface area (Å²) in [6.07, 6.45) is 0.952. The fourth-order valence-electron chi connectivity index (χ4n) is 2.99. The van der Waals surface area contributed by atoms with Crippen LogP contribution in [0.5, 0.6) is 0 Å². The molecule has 134 valence electrons. The molecule has 4 rings (SSSR count). The standard InChI is InChI=1S/C23H20N2O2/c1-3-16-8-10-17(11-9-16)22(26)24-19-6-4-5-18(14-19)23-25-20-13-15(2)7-12-21(20)27-23/h4-14H,3H2,1-2H3,(H,24,26). The molecule has 4 heteroatoms. The molecule has 0 aliphatic carbocycles. The van der Waals surface area contributed by atoms with Gasteiger partial charge in [0, 0.05) is 16.8 Å². The number of fused-ring (bicyclic) bond motifs is 1. The number of nitrogens with one attached hydrogen (secondary N) is 1. The van der Waals surface area contributed by atoms with Gasteiger partial charge in [0.1, 0.15) is 5.52 Å². The second-order valence-electron chi connectivity index (χ2n) is 6.58. The number of nitrogens with zero attached hydrogens (tertiary/aromatic N) is 1. The number of carbonyl (C=O) groups excluding carboxylic acids is 1. The largest absolute Gasteiger partial charge is 0.436 e. The maximum atomic E-state index is 12.5. The van der Waals surface area contributed by atoms with E-state index in [2.05, 4.69) is 17.2 Å². The normalized spacial score (nSPS) is 10.9. The number of benzene rings is 3. The van der Waals surface area contributed by atoms with E-state index in [1.807, 2.05) is 73.7 Å². The Morgan fingerprint density at radius 2 is 1.85 bits per heavy atom. The van der Waals surface area contributed by atoms with Crippen LogP contribution in [0.3, 0.4) is 0 Å². The van der Waals surface area contributed by atoms with Gasteiger partial charge in [-0.05, 0) is 66.9 Å². The van der Waals surface area contributed by atoms with Crippen molar-refractivity contribution >= 4 is 22.7 Å². The minimum atomic E-state index is -0.136. The molecule has 0 bridgehead atoms. The molecule has 0 unspecified atom stereocenters. The fourth-order valence-corrected chi connectivity index (χ4v) is 2.99. The van der Waals surface area contributed by atoms with Crippen LogP contribution in [0.15, 0.2) is 71.1 Å². The van der Waals surface area contributed by atoms with Gasteiger partial charge in [-0.3, -0.25) is 4.79 Å². The summed E-state index contributed by atoms with van der Waals surface area (Å²) in [6.45, 7) is 4.12. The molecule has 4 nitrogen and oxygen atoms in total. The number of anilines is 1. The van der Waals surface area contributed by atoms with Gasteiger partial charge in [0.15, 0.2) is 5.58 Å². The predicted octanol–water partition coefficient (Wildman–Crippen LogP) is 5.62. The predicted molar refractivity (Wildman–Crippen MR) is 108 cm³/mol. The highest BCUT2D eigenvalue weighted by atomic mass is 16.3. The van der Waals surface area contributed by atoms with Gasteiger partial charge < -0.3 is 9.73 Å². The van der Waals surface area contributed by atoms with Crippen molar-refractivity contribution in [2.75, 3.05) is 5.32 Å². The zero-order valence-corrected chi connectivity index (χ0v) is 15.3. The maximum Gasteiger partial charge on any atom is 0.255 e. The first kappa shape index (κ1) is 17.0. The zero-order valence-electron chi connectivity index (χ0n) is 15.3. The molecule has 0 spiro atoms. The monoisotopic (exact) mass is 356 g/mol. The minimum Gasteiger partial charge on any atom is -0.436 e. The van der Waals surface area contributed by atoms with E-state index in [0.717, 1.165) is 28.6 Å². The molecule has 1 heterocycles. The smallest absolute Gasteiger partial charge is 0.255 e. The van der Waals surface area contributed by atoms with Gasteiger partial charge in [0.05, 0.1) is 0 Å². The average Bonchev–Trinajstić information content (AvgIpc) is 3.11. The Kier molecular flexibility index (Phi) is 4.47. The number of carbonyl (C=O) groups is 1. The van der Waals surface area contributed by atoms with Gasteiger partial charge >= 0.3 is 0 Å². The van der Waals surface area contributed by atoms with E-state index in [0.29, 0.717) is 17.1 Å². The van der Waals surface area contributed by atoms with Crippen molar-refractivity contribution in [1.29, 1.82) is 0 Å². The molecule has 1 amide bonds. The molecule has 3 aromatic carbocycles. The van der Waals surface area contributed by atoms with Gasteiger partial charge in [-0.25, -0.2) is 4.98 Å². The lowest BCUT2D eigenvalue weighted by Crippen LogP contribution is -2.11. The summed E-state index contributed by atoms with van der Waals surface area (Å²) in [7, 11) is 0. The highest BCUT2D eigenvalue weighted by molar-refractivity contribution is 6.04. The van der Waals surface area contributed by atoms with E-state index in [4.69, 9.17) is 4.42 Å². The number of oxazole rings is 1. The Labute approximate surface area is 157 Å². The topological polar surface area (TPSA) is 55.1 Å². The summed E-state index contributed by atoms with van der Waals surface area (Å²) in [6, 6.07) is 21.1. The van der Waals surface area contributed by atoms with Gasteiger partial charge in [0.2, 0.25) is 5.89 Å². The van der Waals surface area contributed by atoms with Crippen LogP contribution in [-0.4, -0.2) is 10.9 Å². The summed E-state index contributed by atoms with van der Waals surface area (Å²) >= 11 is 0. The highest BCUT2D eigenvalue weighted by Crippen LogP contribution is 2.27. The average molecular weight is 356 g/mol. The SMILES string of the molecule is CCc1ccc(C(=O)Nc2cccc(-c3nc4cc(C)ccc4o3)c2)cc1. The number of hydrogen-bond donors (Lipinski definition) is 1. The molecule has 4 aromatic rings.